The van der Waals surface area contributed by atoms with Gasteiger partial charge in [0.2, 0.25) is 14.6 Å². The van der Waals surface area contributed by atoms with Crippen molar-refractivity contribution < 1.29 is 9.13 Å². The molecule has 0 aromatic heterocycles. The molecule has 0 aliphatic heterocycles. The van der Waals surface area contributed by atoms with Gasteiger partial charge in [-0.05, 0) is 117 Å². The van der Waals surface area contributed by atoms with Crippen LogP contribution in [0, 0.1) is 0 Å². The third-order valence-corrected chi connectivity index (χ3v) is 18.8. The average Bonchev–Trinajstić information content (AvgIpc) is 3.40. The monoisotopic (exact) mass is 910 g/mol. The van der Waals surface area contributed by atoms with Crippen molar-refractivity contribution in [3.8, 4) is 22.3 Å². The Morgan fingerprint density at radius 1 is 0.388 bits per heavy atom. The highest BCUT2D eigenvalue weighted by Crippen LogP contribution is 2.52. The Bertz CT molecular complexity index is 2860. The summed E-state index contributed by atoms with van der Waals surface area (Å²) in [5.74, 6) is 0. The summed E-state index contributed by atoms with van der Waals surface area (Å²) in [6.45, 7) is 21.2. The zero-order chi connectivity index (χ0) is 47.0. The maximum atomic E-state index is 16.1. The fourth-order valence-electron chi connectivity index (χ4n) is 8.73. The molecule has 6 heteroatoms. The third kappa shape index (κ3) is 9.30. The van der Waals surface area contributed by atoms with Crippen molar-refractivity contribution in [3.05, 3.63) is 267 Å². The maximum absolute atomic E-state index is 16.1. The molecule has 0 saturated carbocycles. The first-order valence-corrected chi connectivity index (χ1v) is 25.8. The molecule has 4 nitrogen and oxygen atoms in total. The van der Waals surface area contributed by atoms with Crippen molar-refractivity contribution >= 4 is 59.3 Å². The molecule has 0 fully saturated rings. The van der Waals surface area contributed by atoms with Crippen LogP contribution in [0.2, 0.25) is 0 Å². The summed E-state index contributed by atoms with van der Waals surface area (Å²) in [4.78, 5) is 0. The number of hydrogen-bond donors (Lipinski definition) is 0. The van der Waals surface area contributed by atoms with Crippen molar-refractivity contribution in [2.24, 2.45) is 0 Å². The summed E-state index contributed by atoms with van der Waals surface area (Å²) >= 11 is 0. The van der Waals surface area contributed by atoms with Crippen molar-refractivity contribution in [2.75, 3.05) is 22.4 Å². The van der Waals surface area contributed by atoms with E-state index >= 15 is 9.13 Å². The van der Waals surface area contributed by atoms with Gasteiger partial charge in [0.25, 0.3) is 0 Å². The summed E-state index contributed by atoms with van der Waals surface area (Å²) in [7, 11) is -6.97. The molecule has 0 bridgehead atoms. The van der Waals surface area contributed by atoms with Crippen molar-refractivity contribution in [2.45, 2.75) is 19.3 Å². The number of nitrogens with zero attached hydrogens (tertiary/aromatic N) is 2. The minimum absolute atomic E-state index is 0.371. The van der Waals surface area contributed by atoms with E-state index in [0.717, 1.165) is 66.5 Å². The second kappa shape index (κ2) is 20.1. The van der Waals surface area contributed by atoms with E-state index in [2.05, 4.69) is 113 Å². The highest BCUT2D eigenvalue weighted by Gasteiger charge is 2.37. The molecule has 0 heterocycles. The van der Waals surface area contributed by atoms with E-state index in [-0.39, 0.29) is 0 Å². The number of anilines is 2. The topological polar surface area (TPSA) is 40.6 Å². The summed E-state index contributed by atoms with van der Waals surface area (Å²) in [5, 5.41) is 2.88. The minimum atomic E-state index is -3.48. The van der Waals surface area contributed by atoms with Gasteiger partial charge in [-0.2, -0.15) is 0 Å². The van der Waals surface area contributed by atoms with E-state index in [0.29, 0.717) is 23.7 Å². The smallest absolute Gasteiger partial charge is 0.229 e. The van der Waals surface area contributed by atoms with E-state index in [9.17, 15) is 0 Å². The molecule has 0 saturated heterocycles. The molecule has 8 rings (SSSR count). The van der Waals surface area contributed by atoms with E-state index in [1.165, 1.54) is 0 Å². The van der Waals surface area contributed by atoms with Crippen LogP contribution in [0.25, 0.3) is 34.4 Å². The molecule has 8 aromatic rings. The van der Waals surface area contributed by atoms with Crippen LogP contribution in [0.5, 0.6) is 0 Å². The van der Waals surface area contributed by atoms with Crippen LogP contribution in [0.1, 0.15) is 36.1 Å². The molecule has 0 aliphatic carbocycles. The van der Waals surface area contributed by atoms with Gasteiger partial charge in [-0.3, -0.25) is 9.13 Å². The van der Waals surface area contributed by atoms with E-state index in [1.807, 2.05) is 155 Å². The molecule has 2 unspecified atom stereocenters. The van der Waals surface area contributed by atoms with Crippen LogP contribution < -0.4 is 30.6 Å². The summed E-state index contributed by atoms with van der Waals surface area (Å²) in [6, 6.07) is 69.1. The molecule has 2 atom stereocenters. The number of benzene rings is 8. The van der Waals surface area contributed by atoms with E-state index < -0.39 is 20.0 Å². The standard InChI is InChI=1S/C61H56N2O2P2/c1-7-45-62(55-33-21-47(9-3)22-34-55)66(64,57-37-25-51(26-38-57)49-17-13-11-14-18-49)59-41-29-53(30-42-59)61(5,6)54-31-43-60(44-32-54)67(65,63(46-8-2)56-35-23-48(10-4)24-36-56)58-39-27-52(28-40-58)50-19-15-12-16-20-50/h7-44H,1-4,45-46H2,5-6H3. The molecule has 332 valence electrons. The normalized spacial score (nSPS) is 13.0. The van der Waals surface area contributed by atoms with Crippen LogP contribution >= 0.6 is 14.6 Å². The summed E-state index contributed by atoms with van der Waals surface area (Å²) in [5.41, 5.74) is 9.56. The Kier molecular flexibility index (Phi) is 13.9. The van der Waals surface area contributed by atoms with Gasteiger partial charge in [0, 0.05) is 51.1 Å². The third-order valence-electron chi connectivity index (χ3n) is 12.7. The van der Waals surface area contributed by atoms with Gasteiger partial charge in [-0.25, -0.2) is 0 Å². The largest absolute Gasteiger partial charge is 0.312 e. The van der Waals surface area contributed by atoms with Gasteiger partial charge in [0.05, 0.1) is 0 Å². The quantitative estimate of drug-likeness (QED) is 0.0635. The lowest BCUT2D eigenvalue weighted by Crippen LogP contribution is -2.33. The fraction of sp³-hybridized carbons (Fsp3) is 0.0820. The maximum Gasteiger partial charge on any atom is 0.229 e. The molecular formula is C61H56N2O2P2. The highest BCUT2D eigenvalue weighted by atomic mass is 31.2. The van der Waals surface area contributed by atoms with Gasteiger partial charge >= 0.3 is 0 Å². The molecule has 0 N–H and O–H groups in total. The van der Waals surface area contributed by atoms with Gasteiger partial charge in [-0.15, -0.1) is 13.2 Å². The Morgan fingerprint density at radius 3 is 0.955 bits per heavy atom. The predicted octanol–water partition coefficient (Wildman–Crippen LogP) is 14.5. The number of hydrogen-bond acceptors (Lipinski definition) is 2. The second-order valence-corrected chi connectivity index (χ2v) is 22.4. The lowest BCUT2D eigenvalue weighted by Gasteiger charge is -2.35. The Morgan fingerprint density at radius 2 is 0.672 bits per heavy atom. The predicted molar refractivity (Wildman–Crippen MR) is 291 cm³/mol. The highest BCUT2D eigenvalue weighted by molar-refractivity contribution is 7.80. The van der Waals surface area contributed by atoms with Gasteiger partial charge in [0.1, 0.15) is 0 Å². The molecule has 0 radical (unpaired) electrons. The first-order valence-electron chi connectivity index (χ1n) is 22.5. The SMILES string of the molecule is C=CCN(c1ccc(C=C)cc1)P(=O)(c1ccc(-c2ccccc2)cc1)c1ccc(C(C)(C)c2ccc(P(=O)(c3ccc(-c4ccccc4)cc3)N(CC=C)c3ccc(C=C)cc3)cc2)cc1. The van der Waals surface area contributed by atoms with E-state index in [4.69, 9.17) is 0 Å². The van der Waals surface area contributed by atoms with Crippen LogP contribution in [0.3, 0.4) is 0 Å². The summed E-state index contributed by atoms with van der Waals surface area (Å²) in [6.07, 6.45) is 7.23. The zero-order valence-electron chi connectivity index (χ0n) is 38.3. The number of rotatable bonds is 18. The Hall–Kier alpha value is -7.22. The average molecular weight is 911 g/mol. The summed E-state index contributed by atoms with van der Waals surface area (Å²) < 4.78 is 36.2. The van der Waals surface area contributed by atoms with Crippen LogP contribution in [0.4, 0.5) is 11.4 Å². The van der Waals surface area contributed by atoms with Crippen molar-refractivity contribution in [1.29, 1.82) is 0 Å². The van der Waals surface area contributed by atoms with E-state index in [1.54, 1.807) is 12.2 Å². The van der Waals surface area contributed by atoms with Gasteiger partial charge < -0.3 is 9.34 Å². The van der Waals surface area contributed by atoms with Crippen LogP contribution in [-0.2, 0) is 14.5 Å². The van der Waals surface area contributed by atoms with Crippen molar-refractivity contribution in [1.82, 2.24) is 0 Å². The first-order chi connectivity index (χ1) is 32.5. The molecule has 0 aliphatic rings. The Balaban J connectivity index is 1.17. The van der Waals surface area contributed by atoms with Crippen LogP contribution in [-0.4, -0.2) is 13.1 Å². The fourth-order valence-corrected chi connectivity index (χ4v) is 14.3. The minimum Gasteiger partial charge on any atom is -0.312 e. The first kappa shape index (κ1) is 46.3. The molecule has 8 aromatic carbocycles. The Labute approximate surface area is 397 Å². The molecule has 67 heavy (non-hydrogen) atoms. The zero-order valence-corrected chi connectivity index (χ0v) is 40.1. The van der Waals surface area contributed by atoms with Crippen molar-refractivity contribution in [3.63, 3.8) is 0 Å². The lowest BCUT2D eigenvalue weighted by atomic mass is 9.78. The molecule has 0 amide bonds. The van der Waals surface area contributed by atoms with Gasteiger partial charge in [-0.1, -0.05) is 185 Å². The van der Waals surface area contributed by atoms with Crippen LogP contribution in [0.15, 0.2) is 245 Å². The molecular weight excluding hydrogens is 855 g/mol. The second-order valence-electron chi connectivity index (χ2n) is 17.0. The lowest BCUT2D eigenvalue weighted by molar-refractivity contribution is 0.584. The van der Waals surface area contributed by atoms with Gasteiger partial charge in [0.15, 0.2) is 0 Å². The molecule has 0 spiro atoms.